The number of aliphatic hydroxyl groups is 1. The number of aliphatic hydroxyl groups excluding tert-OH is 1. The number of carbonyl (C=O) groups excluding carboxylic acids is 2. The van der Waals surface area contributed by atoms with Crippen LogP contribution in [0.2, 0.25) is 0 Å². The number of likely N-dealkylation sites (N-methyl/N-ethyl adjacent to an activating group) is 2. The van der Waals surface area contributed by atoms with Crippen LogP contribution >= 0.6 is 11.8 Å². The van der Waals surface area contributed by atoms with Crippen molar-refractivity contribution in [1.29, 1.82) is 0 Å². The summed E-state index contributed by atoms with van der Waals surface area (Å²) in [6.45, 7) is 2.67. The van der Waals surface area contributed by atoms with Crippen molar-refractivity contribution < 1.29 is 19.3 Å². The molecule has 26 heavy (non-hydrogen) atoms. The average Bonchev–Trinajstić information content (AvgIpc) is 2.97. The largest absolute Gasteiger partial charge is 0.396 e. The number of nitrogens with zero attached hydrogens (tertiary/aromatic N) is 4. The Balaban J connectivity index is 1.97. The van der Waals surface area contributed by atoms with Gasteiger partial charge in [-0.15, -0.1) is 0 Å². The molecular weight excluding hydrogens is 352 g/mol. The second-order valence-electron chi connectivity index (χ2n) is 6.44. The molecule has 1 saturated heterocycles. The topological polar surface area (TPSA) is 76.2 Å². The highest BCUT2D eigenvalue weighted by Crippen LogP contribution is 2.24. The predicted molar refractivity (Wildman–Crippen MR) is 101 cm³/mol. The van der Waals surface area contributed by atoms with Gasteiger partial charge in [0.15, 0.2) is 0 Å². The molecule has 8 heteroatoms. The Bertz CT molecular complexity index is 805. The van der Waals surface area contributed by atoms with Gasteiger partial charge in [-0.2, -0.15) is 0 Å². The van der Waals surface area contributed by atoms with Crippen molar-refractivity contribution in [1.82, 2.24) is 9.80 Å². The summed E-state index contributed by atoms with van der Waals surface area (Å²) < 4.78 is 1.95. The number of imide groups is 1. The number of amides is 3. The van der Waals surface area contributed by atoms with Crippen LogP contribution in [-0.2, 0) is 11.3 Å². The van der Waals surface area contributed by atoms with Crippen molar-refractivity contribution in [2.45, 2.75) is 25.9 Å². The zero-order valence-corrected chi connectivity index (χ0v) is 16.0. The Kier molecular flexibility index (Phi) is 5.43. The van der Waals surface area contributed by atoms with Crippen molar-refractivity contribution in [2.75, 3.05) is 26.5 Å². The Morgan fingerprint density at radius 2 is 2.04 bits per heavy atom. The van der Waals surface area contributed by atoms with Crippen molar-refractivity contribution in [3.8, 4) is 0 Å². The van der Waals surface area contributed by atoms with Gasteiger partial charge in [0.05, 0.1) is 0 Å². The summed E-state index contributed by atoms with van der Waals surface area (Å²) in [6.07, 6.45) is 0.643. The molecule has 0 radical (unpaired) electrons. The molecule has 0 bridgehead atoms. The molecule has 2 aliphatic heterocycles. The molecule has 1 fully saturated rings. The van der Waals surface area contributed by atoms with Crippen LogP contribution in [0.1, 0.15) is 17.5 Å². The Morgan fingerprint density at radius 3 is 2.73 bits per heavy atom. The number of amidine groups is 2. The number of hydrogen-bond acceptors (Lipinski definition) is 5. The standard InChI is InChI=1S/C18H23N4O3S/c1-12-6-4-7-13(10-12)11-22-14-15(19-17(22)26-9-5-8-23)20(2)18(25)21(3)16(14)24/h4,6-7,10,14,23H,5,8-9,11H2,1-3H3/q+1. The maximum atomic E-state index is 12.8. The molecule has 138 valence electrons. The molecule has 7 nitrogen and oxygen atoms in total. The van der Waals surface area contributed by atoms with E-state index in [9.17, 15) is 9.59 Å². The average molecular weight is 375 g/mol. The summed E-state index contributed by atoms with van der Waals surface area (Å²) in [5, 5.41) is 9.76. The molecule has 0 saturated carbocycles. The summed E-state index contributed by atoms with van der Waals surface area (Å²) in [5.74, 6) is 0.899. The van der Waals surface area contributed by atoms with E-state index in [1.807, 2.05) is 29.7 Å². The van der Waals surface area contributed by atoms with Gasteiger partial charge in [-0.25, -0.2) is 9.37 Å². The van der Waals surface area contributed by atoms with Gasteiger partial charge in [-0.05, 0) is 35.7 Å². The third-order valence-corrected chi connectivity index (χ3v) is 5.54. The van der Waals surface area contributed by atoms with Gasteiger partial charge in [0.2, 0.25) is 0 Å². The number of benzene rings is 1. The van der Waals surface area contributed by atoms with Crippen LogP contribution in [0.5, 0.6) is 0 Å². The van der Waals surface area contributed by atoms with Crippen LogP contribution in [-0.4, -0.2) is 74.9 Å². The Labute approximate surface area is 157 Å². The van der Waals surface area contributed by atoms with E-state index in [1.54, 1.807) is 7.05 Å². The third-order valence-electron chi connectivity index (χ3n) is 4.46. The van der Waals surface area contributed by atoms with Gasteiger partial charge in [0.25, 0.3) is 17.8 Å². The molecule has 1 unspecified atom stereocenters. The first-order valence-corrected chi connectivity index (χ1v) is 9.49. The van der Waals surface area contributed by atoms with E-state index in [0.29, 0.717) is 29.7 Å². The van der Waals surface area contributed by atoms with Gasteiger partial charge < -0.3 is 5.11 Å². The fraction of sp³-hybridized carbons (Fsp3) is 0.444. The van der Waals surface area contributed by atoms with E-state index in [0.717, 1.165) is 16.0 Å². The number of rotatable bonds is 5. The van der Waals surface area contributed by atoms with E-state index < -0.39 is 6.04 Å². The highest BCUT2D eigenvalue weighted by Gasteiger charge is 2.53. The number of carbonyl (C=O) groups is 2. The number of thioether (sulfide) groups is 1. The molecule has 1 atom stereocenters. The van der Waals surface area contributed by atoms with E-state index in [1.165, 1.54) is 23.7 Å². The molecule has 3 amide bonds. The Hall–Kier alpha value is -2.19. The van der Waals surface area contributed by atoms with Crippen molar-refractivity contribution in [2.24, 2.45) is 4.99 Å². The summed E-state index contributed by atoms with van der Waals surface area (Å²) in [5.41, 5.74) is 2.23. The lowest BCUT2D eigenvalue weighted by Crippen LogP contribution is -2.61. The second kappa shape index (κ2) is 7.59. The van der Waals surface area contributed by atoms with Gasteiger partial charge in [0, 0.05) is 26.5 Å². The van der Waals surface area contributed by atoms with Crippen LogP contribution < -0.4 is 0 Å². The quantitative estimate of drug-likeness (QED) is 0.621. The first-order chi connectivity index (χ1) is 12.4. The van der Waals surface area contributed by atoms with Crippen molar-refractivity contribution in [3.05, 3.63) is 35.4 Å². The minimum absolute atomic E-state index is 0.109. The maximum Gasteiger partial charge on any atom is 0.358 e. The molecule has 0 spiro atoms. The van der Waals surface area contributed by atoms with Gasteiger partial charge in [-0.1, -0.05) is 29.8 Å². The molecule has 1 aromatic carbocycles. The number of hydrogen-bond donors (Lipinski definition) is 1. The fourth-order valence-electron chi connectivity index (χ4n) is 3.09. The van der Waals surface area contributed by atoms with Gasteiger partial charge in [-0.3, -0.25) is 14.6 Å². The summed E-state index contributed by atoms with van der Waals surface area (Å²) in [7, 11) is 3.14. The number of aryl methyl sites for hydroxylation is 1. The first kappa shape index (κ1) is 18.6. The molecule has 1 N–H and O–H groups in total. The highest BCUT2D eigenvalue weighted by molar-refractivity contribution is 8.13. The second-order valence-corrected chi connectivity index (χ2v) is 7.50. The first-order valence-electron chi connectivity index (χ1n) is 8.50. The van der Waals surface area contributed by atoms with E-state index >= 15 is 0 Å². The molecule has 2 heterocycles. The van der Waals surface area contributed by atoms with Crippen molar-refractivity contribution in [3.63, 3.8) is 0 Å². The number of urea groups is 1. The molecule has 0 aromatic heterocycles. The van der Waals surface area contributed by atoms with E-state index in [2.05, 4.69) is 11.1 Å². The minimum atomic E-state index is -0.597. The number of aliphatic imine (C=N–C) groups is 1. The lowest BCUT2D eigenvalue weighted by molar-refractivity contribution is -0.548. The smallest absolute Gasteiger partial charge is 0.358 e. The lowest BCUT2D eigenvalue weighted by Gasteiger charge is -2.30. The fourth-order valence-corrected chi connectivity index (χ4v) is 4.04. The van der Waals surface area contributed by atoms with Crippen LogP contribution in [0.3, 0.4) is 0 Å². The Morgan fingerprint density at radius 1 is 1.27 bits per heavy atom. The molecule has 3 rings (SSSR count). The summed E-state index contributed by atoms with van der Waals surface area (Å²) in [6, 6.07) is 7.15. The van der Waals surface area contributed by atoms with Crippen LogP contribution in [0, 0.1) is 6.92 Å². The van der Waals surface area contributed by atoms with Crippen LogP contribution in [0.25, 0.3) is 0 Å². The molecule has 1 aromatic rings. The van der Waals surface area contributed by atoms with Crippen LogP contribution in [0.15, 0.2) is 29.3 Å². The maximum absolute atomic E-state index is 12.8. The monoisotopic (exact) mass is 375 g/mol. The van der Waals surface area contributed by atoms with Crippen molar-refractivity contribution >= 4 is 34.7 Å². The lowest BCUT2D eigenvalue weighted by atomic mass is 10.1. The molecule has 2 aliphatic rings. The normalized spacial score (nSPS) is 20.0. The SMILES string of the molecule is Cc1cccc(C[N+]2=C(SCCCO)N=C3C2C(=O)N(C)C(=O)N3C)c1. The minimum Gasteiger partial charge on any atom is -0.396 e. The zero-order valence-electron chi connectivity index (χ0n) is 15.2. The highest BCUT2D eigenvalue weighted by atomic mass is 32.2. The van der Waals surface area contributed by atoms with E-state index in [4.69, 9.17) is 5.11 Å². The van der Waals surface area contributed by atoms with Gasteiger partial charge >= 0.3 is 11.2 Å². The summed E-state index contributed by atoms with van der Waals surface area (Å²) >= 11 is 1.50. The summed E-state index contributed by atoms with van der Waals surface area (Å²) in [4.78, 5) is 32.2. The number of fused-ring (bicyclic) bond motifs is 1. The zero-order chi connectivity index (χ0) is 18.8. The third kappa shape index (κ3) is 3.39. The van der Waals surface area contributed by atoms with Crippen LogP contribution in [0.4, 0.5) is 4.79 Å². The predicted octanol–water partition coefficient (Wildman–Crippen LogP) is 1.28. The van der Waals surface area contributed by atoms with E-state index in [-0.39, 0.29) is 18.5 Å². The molecule has 0 aliphatic carbocycles. The van der Waals surface area contributed by atoms with Gasteiger partial charge in [0.1, 0.15) is 6.54 Å². The molecular formula is C18H23N4O3S+.